The van der Waals surface area contributed by atoms with Crippen molar-refractivity contribution >= 4 is 35.8 Å². The fourth-order valence-corrected chi connectivity index (χ4v) is 2.75. The van der Waals surface area contributed by atoms with Crippen LogP contribution < -0.4 is 15.4 Å². The van der Waals surface area contributed by atoms with Gasteiger partial charge in [-0.05, 0) is 18.6 Å². The number of amides is 1. The van der Waals surface area contributed by atoms with Gasteiger partial charge in [0.2, 0.25) is 11.8 Å². The second-order valence-electron chi connectivity index (χ2n) is 6.02. The fourth-order valence-electron chi connectivity index (χ4n) is 2.75. The van der Waals surface area contributed by atoms with Gasteiger partial charge >= 0.3 is 6.18 Å². The van der Waals surface area contributed by atoms with E-state index in [0.717, 1.165) is 12.5 Å². The average molecular weight is 515 g/mol. The number of nitrogens with one attached hydrogen (secondary N) is 2. The molecule has 1 unspecified atom stereocenters. The minimum Gasteiger partial charge on any atom is -0.475 e. The van der Waals surface area contributed by atoms with E-state index >= 15 is 0 Å². The van der Waals surface area contributed by atoms with Gasteiger partial charge in [-0.1, -0.05) is 6.92 Å². The lowest BCUT2D eigenvalue weighted by molar-refractivity contribution is -0.139. The standard InChI is InChI=1S/C17H24F3N5O2.HI/c1-3-14(26)25-9-6-12(11-25)24-16(21-2)23-8-10-27-15-13(17(18,19)20)5-4-7-22-15;/h4-5,7,12H,3,6,8-11H2,1-2H3,(H2,21,23,24);1H. The van der Waals surface area contributed by atoms with Gasteiger partial charge < -0.3 is 20.3 Å². The number of nitrogens with zero attached hydrogens (tertiary/aromatic N) is 3. The molecule has 0 saturated carbocycles. The molecular weight excluding hydrogens is 490 g/mol. The number of rotatable bonds is 6. The van der Waals surface area contributed by atoms with E-state index in [1.165, 1.54) is 12.3 Å². The molecule has 1 aromatic rings. The van der Waals surface area contributed by atoms with E-state index in [1.807, 2.05) is 6.92 Å². The third-order valence-corrected chi connectivity index (χ3v) is 4.12. The van der Waals surface area contributed by atoms with Crippen molar-refractivity contribution < 1.29 is 22.7 Å². The number of ether oxygens (including phenoxy) is 1. The monoisotopic (exact) mass is 515 g/mol. The van der Waals surface area contributed by atoms with E-state index in [4.69, 9.17) is 4.74 Å². The lowest BCUT2D eigenvalue weighted by atomic mass is 10.2. The zero-order valence-corrected chi connectivity index (χ0v) is 18.1. The summed E-state index contributed by atoms with van der Waals surface area (Å²) in [5.74, 6) is 0.178. The molecule has 0 spiro atoms. The molecule has 158 valence electrons. The molecule has 0 bridgehead atoms. The highest BCUT2D eigenvalue weighted by molar-refractivity contribution is 14.0. The number of aromatic nitrogens is 1. The molecule has 1 aliphatic rings. The highest BCUT2D eigenvalue weighted by Crippen LogP contribution is 2.34. The van der Waals surface area contributed by atoms with E-state index in [0.29, 0.717) is 25.5 Å². The van der Waals surface area contributed by atoms with Gasteiger partial charge in [-0.15, -0.1) is 24.0 Å². The molecule has 1 saturated heterocycles. The molecule has 1 aliphatic heterocycles. The Kier molecular flexibility index (Phi) is 9.76. The number of carbonyl (C=O) groups excluding carboxylic acids is 1. The van der Waals surface area contributed by atoms with Gasteiger partial charge in [-0.3, -0.25) is 9.79 Å². The van der Waals surface area contributed by atoms with Crippen LogP contribution in [-0.2, 0) is 11.0 Å². The Balaban J connectivity index is 0.00000392. The number of aliphatic imine (C=N–C) groups is 1. The predicted octanol–water partition coefficient (Wildman–Crippen LogP) is 2.27. The summed E-state index contributed by atoms with van der Waals surface area (Å²) in [7, 11) is 1.60. The quantitative estimate of drug-likeness (QED) is 0.263. The third-order valence-electron chi connectivity index (χ3n) is 4.12. The van der Waals surface area contributed by atoms with Crippen molar-refractivity contribution in [2.24, 2.45) is 4.99 Å². The number of pyridine rings is 1. The van der Waals surface area contributed by atoms with Gasteiger partial charge in [-0.2, -0.15) is 13.2 Å². The van der Waals surface area contributed by atoms with Crippen molar-refractivity contribution in [3.8, 4) is 5.88 Å². The summed E-state index contributed by atoms with van der Waals surface area (Å²) < 4.78 is 43.8. The van der Waals surface area contributed by atoms with Crippen LogP contribution in [0.4, 0.5) is 13.2 Å². The van der Waals surface area contributed by atoms with E-state index in [9.17, 15) is 18.0 Å². The molecule has 28 heavy (non-hydrogen) atoms. The zero-order valence-electron chi connectivity index (χ0n) is 15.8. The number of halogens is 4. The zero-order chi connectivity index (χ0) is 19.9. The van der Waals surface area contributed by atoms with Crippen LogP contribution in [0.15, 0.2) is 23.3 Å². The number of alkyl halides is 3. The Morgan fingerprint density at radius 3 is 2.86 bits per heavy atom. The minimum absolute atomic E-state index is 0. The number of likely N-dealkylation sites (tertiary alicyclic amines) is 1. The smallest absolute Gasteiger partial charge is 0.421 e. The lowest BCUT2D eigenvalue weighted by Gasteiger charge is -2.19. The van der Waals surface area contributed by atoms with Crippen molar-refractivity contribution in [3.63, 3.8) is 0 Å². The Hall–Kier alpha value is -1.79. The maximum Gasteiger partial charge on any atom is 0.421 e. The molecule has 2 heterocycles. The molecule has 0 aliphatic carbocycles. The summed E-state index contributed by atoms with van der Waals surface area (Å²) in [5, 5.41) is 6.19. The van der Waals surface area contributed by atoms with Crippen LogP contribution in [0, 0.1) is 0 Å². The first kappa shape index (κ1) is 24.2. The summed E-state index contributed by atoms with van der Waals surface area (Å²) in [4.78, 5) is 21.2. The molecule has 7 nitrogen and oxygen atoms in total. The van der Waals surface area contributed by atoms with E-state index in [1.54, 1.807) is 11.9 Å². The van der Waals surface area contributed by atoms with Crippen LogP contribution in [0.25, 0.3) is 0 Å². The van der Waals surface area contributed by atoms with Gasteiger partial charge in [0.25, 0.3) is 0 Å². The Morgan fingerprint density at radius 2 is 2.21 bits per heavy atom. The van der Waals surface area contributed by atoms with Gasteiger partial charge in [0.15, 0.2) is 5.96 Å². The second kappa shape index (κ2) is 11.3. The molecule has 1 aromatic heterocycles. The number of hydrogen-bond acceptors (Lipinski definition) is 4. The molecule has 0 radical (unpaired) electrons. The van der Waals surface area contributed by atoms with Crippen LogP contribution in [0.5, 0.6) is 5.88 Å². The van der Waals surface area contributed by atoms with Crippen LogP contribution in [-0.4, -0.2) is 61.1 Å². The third kappa shape index (κ3) is 6.99. The van der Waals surface area contributed by atoms with Gasteiger partial charge in [-0.25, -0.2) is 4.98 Å². The summed E-state index contributed by atoms with van der Waals surface area (Å²) >= 11 is 0. The van der Waals surface area contributed by atoms with Crippen molar-refractivity contribution in [1.82, 2.24) is 20.5 Å². The maximum absolute atomic E-state index is 12.9. The Morgan fingerprint density at radius 1 is 1.46 bits per heavy atom. The second-order valence-corrected chi connectivity index (χ2v) is 6.02. The summed E-state index contributed by atoms with van der Waals surface area (Å²) in [6, 6.07) is 2.23. The van der Waals surface area contributed by atoms with Crippen molar-refractivity contribution in [2.45, 2.75) is 32.0 Å². The lowest BCUT2D eigenvalue weighted by Crippen LogP contribution is -2.46. The SMILES string of the molecule is CCC(=O)N1CCC(NC(=NC)NCCOc2ncccc2C(F)(F)F)C1.I. The van der Waals surface area contributed by atoms with Crippen LogP contribution in [0.2, 0.25) is 0 Å². The molecule has 2 rings (SSSR count). The molecule has 2 N–H and O–H groups in total. The Labute approximate surface area is 179 Å². The van der Waals surface area contributed by atoms with Crippen LogP contribution in [0.1, 0.15) is 25.3 Å². The van der Waals surface area contributed by atoms with Gasteiger partial charge in [0, 0.05) is 38.8 Å². The molecule has 11 heteroatoms. The summed E-state index contributed by atoms with van der Waals surface area (Å²) in [6.07, 6.45) is -1.98. The van der Waals surface area contributed by atoms with E-state index < -0.39 is 17.6 Å². The maximum atomic E-state index is 12.9. The molecule has 1 atom stereocenters. The Bertz CT molecular complexity index is 672. The minimum atomic E-state index is -4.51. The van der Waals surface area contributed by atoms with Crippen molar-refractivity contribution in [2.75, 3.05) is 33.3 Å². The molecule has 0 aromatic carbocycles. The topological polar surface area (TPSA) is 78.9 Å². The normalized spacial score (nSPS) is 17.1. The van der Waals surface area contributed by atoms with E-state index in [2.05, 4.69) is 20.6 Å². The molecular formula is C17H25F3IN5O2. The molecule has 1 fully saturated rings. The van der Waals surface area contributed by atoms with Gasteiger partial charge in [0.05, 0.1) is 6.54 Å². The van der Waals surface area contributed by atoms with E-state index in [-0.39, 0.29) is 49.1 Å². The van der Waals surface area contributed by atoms with Gasteiger partial charge in [0.1, 0.15) is 12.2 Å². The fraction of sp³-hybridized carbons (Fsp3) is 0.588. The largest absolute Gasteiger partial charge is 0.475 e. The summed E-state index contributed by atoms with van der Waals surface area (Å²) in [5.41, 5.74) is -0.904. The first-order valence-corrected chi connectivity index (χ1v) is 8.75. The molecule has 1 amide bonds. The van der Waals surface area contributed by atoms with Crippen molar-refractivity contribution in [3.05, 3.63) is 23.9 Å². The van der Waals surface area contributed by atoms with Crippen LogP contribution in [0.3, 0.4) is 0 Å². The highest BCUT2D eigenvalue weighted by atomic mass is 127. The summed E-state index contributed by atoms with van der Waals surface area (Å²) in [6.45, 7) is 3.37. The first-order chi connectivity index (χ1) is 12.8. The predicted molar refractivity (Wildman–Crippen MR) is 110 cm³/mol. The highest BCUT2D eigenvalue weighted by Gasteiger charge is 2.35. The average Bonchev–Trinajstić information content (AvgIpc) is 3.11. The number of carbonyl (C=O) groups is 1. The number of hydrogen-bond donors (Lipinski definition) is 2. The van der Waals surface area contributed by atoms with Crippen LogP contribution >= 0.6 is 24.0 Å². The first-order valence-electron chi connectivity index (χ1n) is 8.75. The van der Waals surface area contributed by atoms with Crippen molar-refractivity contribution in [1.29, 1.82) is 0 Å². The number of guanidine groups is 1.